The summed E-state index contributed by atoms with van der Waals surface area (Å²) >= 11 is 0. The molecule has 1 aromatic carbocycles. The Labute approximate surface area is 116 Å². The van der Waals surface area contributed by atoms with Crippen molar-refractivity contribution in [3.05, 3.63) is 54.2 Å². The fraction of sp³-hybridized carbons (Fsp3) is 0.0769. The molecule has 0 radical (unpaired) electrons. The summed E-state index contributed by atoms with van der Waals surface area (Å²) in [6.07, 6.45) is 1.65. The van der Waals surface area contributed by atoms with Crippen LogP contribution in [0.2, 0.25) is 0 Å². The summed E-state index contributed by atoms with van der Waals surface area (Å²) in [7, 11) is -4.21. The Bertz CT molecular complexity index is 697. The van der Waals surface area contributed by atoms with E-state index in [0.29, 0.717) is 11.4 Å². The number of benzene rings is 1. The van der Waals surface area contributed by atoms with Crippen LogP contribution < -0.4 is 5.32 Å². The zero-order valence-corrected chi connectivity index (χ0v) is 11.2. The Morgan fingerprint density at radius 1 is 1.15 bits per heavy atom. The maximum atomic E-state index is 11.7. The average molecular weight is 292 g/mol. The highest BCUT2D eigenvalue weighted by atomic mass is 32.2. The third-order valence-corrected chi connectivity index (χ3v) is 3.39. The second-order valence-corrected chi connectivity index (χ2v) is 5.48. The second-order valence-electron chi connectivity index (χ2n) is 4.06. The number of pyridine rings is 1. The minimum atomic E-state index is -4.21. The lowest BCUT2D eigenvalue weighted by molar-refractivity contribution is -0.115. The number of amides is 1. The fourth-order valence-corrected chi connectivity index (χ4v) is 2.07. The minimum absolute atomic E-state index is 0.0856. The number of carbonyl (C=O) groups excluding carboxylic acids is 1. The van der Waals surface area contributed by atoms with Crippen molar-refractivity contribution in [2.75, 3.05) is 5.32 Å². The Morgan fingerprint density at radius 3 is 2.40 bits per heavy atom. The number of hydrogen-bond acceptors (Lipinski definition) is 4. The molecule has 2 rings (SSSR count). The number of nitrogens with one attached hydrogen (secondary N) is 1. The van der Waals surface area contributed by atoms with Crippen molar-refractivity contribution in [2.24, 2.45) is 0 Å². The molecule has 2 aromatic rings. The van der Waals surface area contributed by atoms with Gasteiger partial charge in [0.25, 0.3) is 10.1 Å². The van der Waals surface area contributed by atoms with Crippen molar-refractivity contribution in [1.29, 1.82) is 0 Å². The van der Waals surface area contributed by atoms with Crippen LogP contribution in [-0.4, -0.2) is 23.9 Å². The SMILES string of the molecule is O=C(Cc1ccc(S(=O)(=O)O)cc1)Nc1ccccn1. The molecule has 7 heteroatoms. The molecule has 1 heterocycles. The summed E-state index contributed by atoms with van der Waals surface area (Å²) in [4.78, 5) is 15.5. The van der Waals surface area contributed by atoms with E-state index in [1.807, 2.05) is 0 Å². The number of rotatable bonds is 4. The summed E-state index contributed by atoms with van der Waals surface area (Å²) in [5, 5.41) is 2.62. The fourth-order valence-electron chi connectivity index (χ4n) is 1.59. The van der Waals surface area contributed by atoms with Gasteiger partial charge in [0.05, 0.1) is 11.3 Å². The highest BCUT2D eigenvalue weighted by Crippen LogP contribution is 2.11. The Balaban J connectivity index is 2.02. The standard InChI is InChI=1S/C13H12N2O4S/c16-13(15-12-3-1-2-8-14-12)9-10-4-6-11(7-5-10)20(17,18)19/h1-8H,9H2,(H,14,15,16)(H,17,18,19). The maximum absolute atomic E-state index is 11.7. The molecular weight excluding hydrogens is 280 g/mol. The minimum Gasteiger partial charge on any atom is -0.310 e. The predicted molar refractivity (Wildman–Crippen MR) is 72.8 cm³/mol. The van der Waals surface area contributed by atoms with Gasteiger partial charge >= 0.3 is 0 Å². The first-order chi connectivity index (χ1) is 9.45. The smallest absolute Gasteiger partial charge is 0.294 e. The van der Waals surface area contributed by atoms with Gasteiger partial charge in [0.15, 0.2) is 0 Å². The van der Waals surface area contributed by atoms with Crippen molar-refractivity contribution in [1.82, 2.24) is 4.98 Å². The van der Waals surface area contributed by atoms with Crippen LogP contribution in [0.1, 0.15) is 5.56 Å². The van der Waals surface area contributed by atoms with Gasteiger partial charge in [-0.15, -0.1) is 0 Å². The van der Waals surface area contributed by atoms with Gasteiger partial charge in [0.1, 0.15) is 5.82 Å². The largest absolute Gasteiger partial charge is 0.310 e. The van der Waals surface area contributed by atoms with Crippen LogP contribution in [-0.2, 0) is 21.3 Å². The van der Waals surface area contributed by atoms with E-state index in [-0.39, 0.29) is 17.2 Å². The third-order valence-electron chi connectivity index (χ3n) is 2.52. The van der Waals surface area contributed by atoms with Crippen LogP contribution in [0.5, 0.6) is 0 Å². The molecule has 20 heavy (non-hydrogen) atoms. The van der Waals surface area contributed by atoms with Gasteiger partial charge in [-0.25, -0.2) is 4.98 Å². The summed E-state index contributed by atoms with van der Waals surface area (Å²) in [5.74, 6) is 0.190. The molecule has 1 aromatic heterocycles. The van der Waals surface area contributed by atoms with E-state index in [9.17, 15) is 13.2 Å². The first-order valence-electron chi connectivity index (χ1n) is 5.72. The Kier molecular flexibility index (Phi) is 4.11. The number of aromatic nitrogens is 1. The van der Waals surface area contributed by atoms with Crippen LogP contribution in [0.15, 0.2) is 53.6 Å². The molecule has 0 atom stereocenters. The average Bonchev–Trinajstić information content (AvgIpc) is 2.39. The highest BCUT2D eigenvalue weighted by Gasteiger charge is 2.10. The van der Waals surface area contributed by atoms with Gasteiger partial charge in [0.2, 0.25) is 5.91 Å². The van der Waals surface area contributed by atoms with E-state index in [2.05, 4.69) is 10.3 Å². The lowest BCUT2D eigenvalue weighted by Crippen LogP contribution is -2.15. The monoisotopic (exact) mass is 292 g/mol. The number of anilines is 1. The van der Waals surface area contributed by atoms with Crippen LogP contribution in [0.4, 0.5) is 5.82 Å². The van der Waals surface area contributed by atoms with Gasteiger partial charge in [0, 0.05) is 6.20 Å². The normalized spacial score (nSPS) is 11.1. The van der Waals surface area contributed by atoms with Gasteiger partial charge < -0.3 is 5.32 Å². The topological polar surface area (TPSA) is 96.4 Å². The predicted octanol–water partition coefficient (Wildman–Crippen LogP) is 1.51. The third kappa shape index (κ3) is 3.87. The molecule has 0 saturated carbocycles. The lowest BCUT2D eigenvalue weighted by atomic mass is 10.1. The van der Waals surface area contributed by atoms with Crippen molar-refractivity contribution in [3.8, 4) is 0 Å². The van der Waals surface area contributed by atoms with E-state index in [0.717, 1.165) is 0 Å². The van der Waals surface area contributed by atoms with Gasteiger partial charge in [-0.1, -0.05) is 18.2 Å². The maximum Gasteiger partial charge on any atom is 0.294 e. The molecule has 0 saturated heterocycles. The molecule has 0 aliphatic carbocycles. The van der Waals surface area contributed by atoms with Crippen LogP contribution in [0.3, 0.4) is 0 Å². The first-order valence-corrected chi connectivity index (χ1v) is 7.16. The molecule has 0 unspecified atom stereocenters. The van der Waals surface area contributed by atoms with Crippen molar-refractivity contribution in [2.45, 2.75) is 11.3 Å². The molecule has 6 nitrogen and oxygen atoms in total. The molecule has 0 spiro atoms. The summed E-state index contributed by atoms with van der Waals surface area (Å²) in [6, 6.07) is 10.6. The van der Waals surface area contributed by atoms with E-state index in [1.165, 1.54) is 24.3 Å². The van der Waals surface area contributed by atoms with Crippen molar-refractivity contribution >= 4 is 21.8 Å². The molecular formula is C13H12N2O4S. The van der Waals surface area contributed by atoms with Gasteiger partial charge in [-0.3, -0.25) is 9.35 Å². The zero-order valence-electron chi connectivity index (χ0n) is 10.4. The van der Waals surface area contributed by atoms with E-state index in [4.69, 9.17) is 4.55 Å². The Morgan fingerprint density at radius 2 is 1.85 bits per heavy atom. The van der Waals surface area contributed by atoms with Gasteiger partial charge in [-0.2, -0.15) is 8.42 Å². The molecule has 0 fully saturated rings. The molecule has 1 amide bonds. The first kappa shape index (κ1) is 14.2. The van der Waals surface area contributed by atoms with Crippen molar-refractivity contribution in [3.63, 3.8) is 0 Å². The zero-order chi connectivity index (χ0) is 14.6. The summed E-state index contributed by atoms with van der Waals surface area (Å²) < 4.78 is 30.6. The number of carbonyl (C=O) groups is 1. The molecule has 104 valence electrons. The summed E-state index contributed by atoms with van der Waals surface area (Å²) in [6.45, 7) is 0. The second kappa shape index (κ2) is 5.81. The van der Waals surface area contributed by atoms with E-state index in [1.54, 1.807) is 24.4 Å². The molecule has 0 aliphatic rings. The summed E-state index contributed by atoms with van der Waals surface area (Å²) in [5.41, 5.74) is 0.630. The quantitative estimate of drug-likeness (QED) is 0.833. The van der Waals surface area contributed by atoms with E-state index >= 15 is 0 Å². The van der Waals surface area contributed by atoms with Crippen LogP contribution in [0, 0.1) is 0 Å². The highest BCUT2D eigenvalue weighted by molar-refractivity contribution is 7.85. The van der Waals surface area contributed by atoms with Crippen molar-refractivity contribution < 1.29 is 17.8 Å². The number of hydrogen-bond donors (Lipinski definition) is 2. The lowest BCUT2D eigenvalue weighted by Gasteiger charge is -2.04. The van der Waals surface area contributed by atoms with E-state index < -0.39 is 10.1 Å². The molecule has 2 N–H and O–H groups in total. The van der Waals surface area contributed by atoms with Crippen LogP contribution >= 0.6 is 0 Å². The molecule has 0 bridgehead atoms. The van der Waals surface area contributed by atoms with Crippen LogP contribution in [0.25, 0.3) is 0 Å². The van der Waals surface area contributed by atoms with Gasteiger partial charge in [-0.05, 0) is 29.8 Å². The Hall–Kier alpha value is -2.25. The number of nitrogens with zero attached hydrogens (tertiary/aromatic N) is 1. The molecule has 0 aliphatic heterocycles.